The second-order valence-corrected chi connectivity index (χ2v) is 7.87. The molecule has 0 saturated heterocycles. The van der Waals surface area contributed by atoms with Crippen LogP contribution in [-0.4, -0.2) is 15.5 Å². The number of nitrogens with zero attached hydrogens (tertiary/aromatic N) is 2. The van der Waals surface area contributed by atoms with Crippen LogP contribution in [0.5, 0.6) is 0 Å². The Hall–Kier alpha value is -3.45. The van der Waals surface area contributed by atoms with Crippen molar-refractivity contribution in [3.63, 3.8) is 0 Å². The average Bonchev–Trinajstić information content (AvgIpc) is 2.75. The summed E-state index contributed by atoms with van der Waals surface area (Å²) in [6, 6.07) is 20.5. The number of rotatable bonds is 5. The molecular weight excluding hydrogens is 401 g/mol. The summed E-state index contributed by atoms with van der Waals surface area (Å²) in [7, 11) is 0. The average molecular weight is 419 g/mol. The Morgan fingerprint density at radius 2 is 1.77 bits per heavy atom. The minimum Gasteiger partial charge on any atom is -0.368 e. The molecule has 1 heterocycles. The van der Waals surface area contributed by atoms with Crippen LogP contribution in [0.1, 0.15) is 16.4 Å². The number of carbonyl (C=O) groups excluding carboxylic acids is 1. The predicted molar refractivity (Wildman–Crippen MR) is 116 cm³/mol. The molecule has 0 bridgehead atoms. The van der Waals surface area contributed by atoms with Crippen LogP contribution >= 0.6 is 11.8 Å². The van der Waals surface area contributed by atoms with Crippen molar-refractivity contribution in [1.29, 1.82) is 0 Å². The van der Waals surface area contributed by atoms with Crippen LogP contribution in [0, 0.1) is 12.7 Å². The topological polar surface area (TPSA) is 78.0 Å². The highest BCUT2D eigenvalue weighted by atomic mass is 32.2. The number of aryl methyl sites for hydroxylation is 1. The lowest BCUT2D eigenvalue weighted by molar-refractivity contribution is -0.117. The molecule has 4 aromatic rings. The monoisotopic (exact) mass is 419 g/mol. The fourth-order valence-electron chi connectivity index (χ4n) is 3.16. The first-order valence-corrected chi connectivity index (χ1v) is 10.1. The molecule has 0 radical (unpaired) electrons. The van der Waals surface area contributed by atoms with Crippen LogP contribution in [0.4, 0.5) is 4.39 Å². The minimum atomic E-state index is -0.763. The molecule has 0 saturated carbocycles. The van der Waals surface area contributed by atoms with Gasteiger partial charge in [0.1, 0.15) is 11.1 Å². The number of aromatic nitrogens is 2. The molecule has 0 aliphatic rings. The van der Waals surface area contributed by atoms with E-state index in [1.54, 1.807) is 55.5 Å². The molecule has 0 spiro atoms. The highest BCUT2D eigenvalue weighted by Crippen LogP contribution is 2.35. The van der Waals surface area contributed by atoms with Crippen molar-refractivity contribution in [3.8, 4) is 5.69 Å². The van der Waals surface area contributed by atoms with E-state index >= 15 is 0 Å². The smallest absolute Gasteiger partial charge is 0.266 e. The van der Waals surface area contributed by atoms with E-state index in [9.17, 15) is 14.0 Å². The molecule has 1 atom stereocenters. The Kier molecular flexibility index (Phi) is 5.37. The summed E-state index contributed by atoms with van der Waals surface area (Å²) in [5.74, 6) is -0.992. The van der Waals surface area contributed by atoms with Gasteiger partial charge in [-0.1, -0.05) is 60.3 Å². The summed E-state index contributed by atoms with van der Waals surface area (Å²) in [5, 5.41) is -0.103. The molecule has 1 aromatic heterocycles. The lowest BCUT2D eigenvalue weighted by Crippen LogP contribution is -2.24. The maximum Gasteiger partial charge on any atom is 0.266 e. The van der Waals surface area contributed by atoms with E-state index in [1.807, 2.05) is 18.2 Å². The van der Waals surface area contributed by atoms with Gasteiger partial charge in [-0.3, -0.25) is 14.2 Å². The number of amides is 1. The number of benzene rings is 3. The van der Waals surface area contributed by atoms with Crippen LogP contribution in [-0.2, 0) is 4.79 Å². The molecule has 7 heteroatoms. The molecule has 0 fully saturated rings. The van der Waals surface area contributed by atoms with E-state index in [2.05, 4.69) is 4.98 Å². The van der Waals surface area contributed by atoms with Crippen molar-refractivity contribution >= 4 is 28.6 Å². The van der Waals surface area contributed by atoms with Gasteiger partial charge in [0.15, 0.2) is 5.16 Å². The molecule has 2 N–H and O–H groups in total. The first-order valence-electron chi connectivity index (χ1n) is 9.25. The molecule has 1 amide bonds. The molecule has 4 rings (SSSR count). The van der Waals surface area contributed by atoms with Crippen LogP contribution in [0.2, 0.25) is 0 Å². The van der Waals surface area contributed by atoms with Crippen LogP contribution < -0.4 is 11.3 Å². The number of hydrogen-bond acceptors (Lipinski definition) is 4. The lowest BCUT2D eigenvalue weighted by atomic mass is 10.1. The molecule has 0 aliphatic carbocycles. The van der Waals surface area contributed by atoms with Gasteiger partial charge in [-0.05, 0) is 42.3 Å². The number of carbonyl (C=O) groups is 1. The van der Waals surface area contributed by atoms with Crippen LogP contribution in [0.3, 0.4) is 0 Å². The fraction of sp³-hybridized carbons (Fsp3) is 0.0870. The van der Waals surface area contributed by atoms with E-state index in [0.29, 0.717) is 27.7 Å². The van der Waals surface area contributed by atoms with Gasteiger partial charge >= 0.3 is 0 Å². The van der Waals surface area contributed by atoms with Crippen molar-refractivity contribution in [2.24, 2.45) is 5.73 Å². The zero-order valence-corrected chi connectivity index (χ0v) is 16.9. The van der Waals surface area contributed by atoms with Crippen molar-refractivity contribution in [2.75, 3.05) is 0 Å². The number of fused-ring (bicyclic) bond motifs is 1. The number of nitrogens with two attached hydrogens (primary N) is 1. The maximum absolute atomic E-state index is 14.3. The third-order valence-electron chi connectivity index (χ3n) is 4.74. The zero-order chi connectivity index (χ0) is 21.3. The molecular formula is C23H18FN3O2S. The summed E-state index contributed by atoms with van der Waals surface area (Å²) in [6.07, 6.45) is 0. The molecule has 150 valence electrons. The van der Waals surface area contributed by atoms with Gasteiger partial charge in [0, 0.05) is 0 Å². The Bertz CT molecular complexity index is 1310. The van der Waals surface area contributed by atoms with Gasteiger partial charge in [0.25, 0.3) is 5.56 Å². The highest BCUT2D eigenvalue weighted by molar-refractivity contribution is 8.00. The molecule has 5 nitrogen and oxygen atoms in total. The molecule has 30 heavy (non-hydrogen) atoms. The van der Waals surface area contributed by atoms with Crippen molar-refractivity contribution < 1.29 is 9.18 Å². The van der Waals surface area contributed by atoms with Gasteiger partial charge in [-0.15, -0.1) is 0 Å². The van der Waals surface area contributed by atoms with Gasteiger partial charge in [-0.2, -0.15) is 0 Å². The Labute approximate surface area is 176 Å². The quantitative estimate of drug-likeness (QED) is 0.389. The van der Waals surface area contributed by atoms with Crippen LogP contribution in [0.15, 0.2) is 82.7 Å². The fourth-order valence-corrected chi connectivity index (χ4v) is 4.23. The number of thioether (sulfide) groups is 1. The first-order chi connectivity index (χ1) is 14.5. The van der Waals surface area contributed by atoms with Gasteiger partial charge < -0.3 is 5.73 Å². The van der Waals surface area contributed by atoms with Crippen molar-refractivity contribution in [3.05, 3.63) is 100 Å². The predicted octanol–water partition coefficient (Wildman–Crippen LogP) is 4.15. The normalized spacial score (nSPS) is 12.1. The van der Waals surface area contributed by atoms with Crippen molar-refractivity contribution in [2.45, 2.75) is 17.3 Å². The van der Waals surface area contributed by atoms with Gasteiger partial charge in [-0.25, -0.2) is 9.37 Å². The number of para-hydroxylation sites is 1. The van der Waals surface area contributed by atoms with Crippen LogP contribution in [0.25, 0.3) is 16.6 Å². The van der Waals surface area contributed by atoms with E-state index in [-0.39, 0.29) is 10.7 Å². The highest BCUT2D eigenvalue weighted by Gasteiger charge is 2.24. The minimum absolute atomic E-state index is 0.259. The van der Waals surface area contributed by atoms with E-state index in [0.717, 1.165) is 11.8 Å². The summed E-state index contributed by atoms with van der Waals surface area (Å²) < 4.78 is 15.6. The molecule has 3 aromatic carbocycles. The summed E-state index contributed by atoms with van der Waals surface area (Å²) in [5.41, 5.74) is 7.30. The summed E-state index contributed by atoms with van der Waals surface area (Å²) >= 11 is 1.07. The zero-order valence-electron chi connectivity index (χ0n) is 16.1. The SMILES string of the molecule is Cc1ccc(-n2c(SC(C(N)=O)c3ccccc3)nc3ccccc3c2=O)cc1F. The Morgan fingerprint density at radius 3 is 2.47 bits per heavy atom. The Morgan fingerprint density at radius 1 is 1.07 bits per heavy atom. The standard InChI is InChI=1S/C23H18FN3O2S/c1-14-11-12-16(13-18(14)24)27-22(29)17-9-5-6-10-19(17)26-23(27)30-20(21(25)28)15-7-3-2-4-8-15/h2-13,20H,1H3,(H2,25,28). The first kappa shape index (κ1) is 19.8. The van der Waals surface area contributed by atoms with E-state index in [1.165, 1.54) is 10.6 Å². The third kappa shape index (κ3) is 3.71. The van der Waals surface area contributed by atoms with Gasteiger partial charge in [0.05, 0.1) is 16.6 Å². The Balaban J connectivity index is 1.94. The lowest BCUT2D eigenvalue weighted by Gasteiger charge is -2.18. The maximum atomic E-state index is 14.3. The summed E-state index contributed by atoms with van der Waals surface area (Å²) in [4.78, 5) is 30.1. The molecule has 0 aliphatic heterocycles. The van der Waals surface area contributed by atoms with Crippen molar-refractivity contribution in [1.82, 2.24) is 9.55 Å². The summed E-state index contributed by atoms with van der Waals surface area (Å²) in [6.45, 7) is 1.65. The molecule has 1 unspecified atom stereocenters. The largest absolute Gasteiger partial charge is 0.368 e. The second-order valence-electron chi connectivity index (χ2n) is 6.80. The number of hydrogen-bond donors (Lipinski definition) is 1. The van der Waals surface area contributed by atoms with E-state index < -0.39 is 17.0 Å². The second kappa shape index (κ2) is 8.12. The number of primary amides is 1. The van der Waals surface area contributed by atoms with Gasteiger partial charge in [0.2, 0.25) is 5.91 Å². The number of halogens is 1. The third-order valence-corrected chi connectivity index (χ3v) is 5.97. The van der Waals surface area contributed by atoms with E-state index in [4.69, 9.17) is 5.73 Å².